The molecule has 8 nitrogen and oxygen atoms in total. The van der Waals surface area contributed by atoms with Crippen molar-refractivity contribution >= 4 is 27.5 Å². The third-order valence-electron chi connectivity index (χ3n) is 4.36. The van der Waals surface area contributed by atoms with Crippen LogP contribution in [0, 0.1) is 5.92 Å². The number of aliphatic hydroxyl groups excluding tert-OH is 1. The van der Waals surface area contributed by atoms with Gasteiger partial charge in [-0.25, -0.2) is 13.2 Å². The second-order valence-corrected chi connectivity index (χ2v) is 9.83. The van der Waals surface area contributed by atoms with Gasteiger partial charge in [-0.05, 0) is 51.8 Å². The summed E-state index contributed by atoms with van der Waals surface area (Å²) in [7, 11) is -5.57. The van der Waals surface area contributed by atoms with Gasteiger partial charge in [-0.3, -0.25) is 4.79 Å². The molecule has 0 aromatic heterocycles. The van der Waals surface area contributed by atoms with E-state index in [0.29, 0.717) is 6.07 Å². The first-order chi connectivity index (χ1) is 13.6. The average molecular weight is 452 g/mol. The topological polar surface area (TPSA) is 122 Å². The lowest BCUT2D eigenvalue weighted by Gasteiger charge is -2.26. The SMILES string of the molecule is CC(C)(C)OC(=O)N[C@H]1[C@H](O)CC[C@H]1C(=O)Nc1cccc(S(=O)(=O)C(F)(F)F)c1. The summed E-state index contributed by atoms with van der Waals surface area (Å²) in [6, 6.07) is 2.79. The number of hydrogen-bond donors (Lipinski definition) is 3. The molecule has 0 unspecified atom stereocenters. The Morgan fingerprint density at radius 2 is 1.80 bits per heavy atom. The van der Waals surface area contributed by atoms with Crippen LogP contribution in [-0.2, 0) is 19.4 Å². The molecule has 0 saturated heterocycles. The number of carbonyl (C=O) groups is 2. The number of ether oxygens (including phenoxy) is 1. The fourth-order valence-electron chi connectivity index (χ4n) is 3.02. The van der Waals surface area contributed by atoms with Crippen molar-refractivity contribution in [2.75, 3.05) is 5.32 Å². The van der Waals surface area contributed by atoms with Gasteiger partial charge in [0, 0.05) is 5.69 Å². The molecule has 0 bridgehead atoms. The van der Waals surface area contributed by atoms with Gasteiger partial charge >= 0.3 is 11.6 Å². The van der Waals surface area contributed by atoms with E-state index in [-0.39, 0.29) is 18.5 Å². The Kier molecular flexibility index (Phi) is 6.72. The molecule has 3 atom stereocenters. The quantitative estimate of drug-likeness (QED) is 0.646. The lowest BCUT2D eigenvalue weighted by atomic mass is 10.0. The second-order valence-electron chi connectivity index (χ2n) is 7.89. The number of rotatable bonds is 4. The number of sulfone groups is 1. The lowest BCUT2D eigenvalue weighted by molar-refractivity contribution is -0.120. The Balaban J connectivity index is 2.15. The molecule has 0 heterocycles. The molecule has 0 spiro atoms. The number of alkyl carbamates (subject to hydrolysis) is 1. The van der Waals surface area contributed by atoms with Crippen molar-refractivity contribution in [3.05, 3.63) is 24.3 Å². The summed E-state index contributed by atoms with van der Waals surface area (Å²) in [5.74, 6) is -1.58. The Morgan fingerprint density at radius 1 is 1.17 bits per heavy atom. The number of nitrogens with one attached hydrogen (secondary N) is 2. The van der Waals surface area contributed by atoms with Crippen LogP contribution in [0.4, 0.5) is 23.7 Å². The number of aliphatic hydroxyl groups is 1. The van der Waals surface area contributed by atoms with Gasteiger partial charge < -0.3 is 20.5 Å². The number of alkyl halides is 3. The molecule has 2 amide bonds. The number of anilines is 1. The monoisotopic (exact) mass is 452 g/mol. The average Bonchev–Trinajstić information content (AvgIpc) is 2.93. The van der Waals surface area contributed by atoms with Gasteiger partial charge in [0.15, 0.2) is 0 Å². The van der Waals surface area contributed by atoms with E-state index in [1.807, 2.05) is 0 Å². The molecule has 1 aromatic rings. The molecule has 0 aliphatic heterocycles. The van der Waals surface area contributed by atoms with Crippen molar-refractivity contribution in [3.8, 4) is 0 Å². The van der Waals surface area contributed by atoms with Gasteiger partial charge in [-0.15, -0.1) is 0 Å². The molecule has 168 valence electrons. The van der Waals surface area contributed by atoms with Crippen LogP contribution in [0.2, 0.25) is 0 Å². The fraction of sp³-hybridized carbons (Fsp3) is 0.556. The highest BCUT2D eigenvalue weighted by molar-refractivity contribution is 7.92. The first kappa shape index (κ1) is 23.9. The summed E-state index contributed by atoms with van der Waals surface area (Å²) < 4.78 is 66.4. The Bertz CT molecular complexity index is 911. The molecule has 1 aromatic carbocycles. The van der Waals surface area contributed by atoms with Crippen LogP contribution in [0.15, 0.2) is 29.2 Å². The molecule has 1 saturated carbocycles. The van der Waals surface area contributed by atoms with Crippen molar-refractivity contribution < 1.29 is 41.0 Å². The van der Waals surface area contributed by atoms with Gasteiger partial charge in [-0.1, -0.05) is 6.07 Å². The van der Waals surface area contributed by atoms with Gasteiger partial charge in [0.1, 0.15) is 5.60 Å². The van der Waals surface area contributed by atoms with Gasteiger partial charge in [0.25, 0.3) is 9.84 Å². The predicted molar refractivity (Wildman–Crippen MR) is 100 cm³/mol. The Labute approximate surface area is 171 Å². The summed E-state index contributed by atoms with van der Waals surface area (Å²) in [6.07, 6.45) is -1.44. The van der Waals surface area contributed by atoms with Gasteiger partial charge in [0.05, 0.1) is 23.0 Å². The third kappa shape index (κ3) is 5.63. The maximum atomic E-state index is 12.7. The lowest BCUT2D eigenvalue weighted by Crippen LogP contribution is -2.48. The molecule has 2 rings (SSSR count). The highest BCUT2D eigenvalue weighted by Crippen LogP contribution is 2.32. The van der Waals surface area contributed by atoms with Crippen LogP contribution in [0.25, 0.3) is 0 Å². The number of benzene rings is 1. The minimum atomic E-state index is -5.57. The smallest absolute Gasteiger partial charge is 0.444 e. The molecular weight excluding hydrogens is 429 g/mol. The number of hydrogen-bond acceptors (Lipinski definition) is 6. The summed E-state index contributed by atoms with van der Waals surface area (Å²) in [5.41, 5.74) is -6.44. The molecular formula is C18H23F3N2O6S. The van der Waals surface area contributed by atoms with E-state index in [1.54, 1.807) is 20.8 Å². The first-order valence-electron chi connectivity index (χ1n) is 9.02. The summed E-state index contributed by atoms with van der Waals surface area (Å²) in [5, 5.41) is 14.9. The Hall–Kier alpha value is -2.34. The Morgan fingerprint density at radius 3 is 2.37 bits per heavy atom. The number of amides is 2. The minimum Gasteiger partial charge on any atom is -0.444 e. The second kappa shape index (κ2) is 8.42. The van der Waals surface area contributed by atoms with Gasteiger partial charge in [0.2, 0.25) is 5.91 Å². The van der Waals surface area contributed by atoms with Crippen LogP contribution in [0.3, 0.4) is 0 Å². The number of carbonyl (C=O) groups excluding carboxylic acids is 2. The van der Waals surface area contributed by atoms with Crippen LogP contribution >= 0.6 is 0 Å². The van der Waals surface area contributed by atoms with E-state index in [4.69, 9.17) is 4.74 Å². The van der Waals surface area contributed by atoms with Crippen LogP contribution in [0.5, 0.6) is 0 Å². The van der Waals surface area contributed by atoms with E-state index in [9.17, 15) is 36.3 Å². The third-order valence-corrected chi connectivity index (χ3v) is 5.84. The zero-order chi connectivity index (χ0) is 22.9. The minimum absolute atomic E-state index is 0.164. The molecule has 1 aliphatic carbocycles. The van der Waals surface area contributed by atoms with Crippen molar-refractivity contribution in [3.63, 3.8) is 0 Å². The predicted octanol–water partition coefficient (Wildman–Crippen LogP) is 2.58. The van der Waals surface area contributed by atoms with Crippen LogP contribution < -0.4 is 10.6 Å². The van der Waals surface area contributed by atoms with Crippen molar-refractivity contribution in [1.29, 1.82) is 0 Å². The first-order valence-corrected chi connectivity index (χ1v) is 10.5. The van der Waals surface area contributed by atoms with E-state index < -0.39 is 55.9 Å². The highest BCUT2D eigenvalue weighted by Gasteiger charge is 2.47. The number of halogens is 3. The van der Waals surface area contributed by atoms with E-state index in [2.05, 4.69) is 10.6 Å². The normalized spacial score (nSPS) is 22.4. The molecule has 0 radical (unpaired) electrons. The van der Waals surface area contributed by atoms with E-state index in [0.717, 1.165) is 12.1 Å². The largest absolute Gasteiger partial charge is 0.501 e. The molecule has 1 fully saturated rings. The standard InChI is InChI=1S/C18H23F3N2O6S/c1-17(2,3)29-16(26)23-14-12(7-8-13(14)24)15(25)22-10-5-4-6-11(9-10)30(27,28)18(19,20)21/h4-6,9,12-14,24H,7-8H2,1-3H3,(H,22,25)(H,23,26)/t12-,13-,14-/m1/s1. The summed E-state index contributed by atoms with van der Waals surface area (Å²) in [6.45, 7) is 4.93. The zero-order valence-electron chi connectivity index (χ0n) is 16.5. The fourth-order valence-corrected chi connectivity index (χ4v) is 3.83. The molecule has 3 N–H and O–H groups in total. The molecule has 12 heteroatoms. The zero-order valence-corrected chi connectivity index (χ0v) is 17.3. The summed E-state index contributed by atoms with van der Waals surface area (Å²) >= 11 is 0. The van der Waals surface area contributed by atoms with Crippen molar-refractivity contribution in [2.45, 2.75) is 61.8 Å². The molecule has 30 heavy (non-hydrogen) atoms. The summed E-state index contributed by atoms with van der Waals surface area (Å²) in [4.78, 5) is 23.6. The molecule has 1 aliphatic rings. The van der Waals surface area contributed by atoms with Crippen molar-refractivity contribution in [2.24, 2.45) is 5.92 Å². The maximum absolute atomic E-state index is 12.7. The van der Waals surface area contributed by atoms with Crippen molar-refractivity contribution in [1.82, 2.24) is 5.32 Å². The highest BCUT2D eigenvalue weighted by atomic mass is 32.2. The van der Waals surface area contributed by atoms with E-state index >= 15 is 0 Å². The van der Waals surface area contributed by atoms with E-state index in [1.165, 1.54) is 6.07 Å². The van der Waals surface area contributed by atoms with Crippen LogP contribution in [0.1, 0.15) is 33.6 Å². The van der Waals surface area contributed by atoms with Crippen LogP contribution in [-0.4, -0.2) is 48.8 Å². The van der Waals surface area contributed by atoms with Gasteiger partial charge in [-0.2, -0.15) is 13.2 Å². The maximum Gasteiger partial charge on any atom is 0.501 e.